The van der Waals surface area contributed by atoms with Crippen molar-refractivity contribution < 1.29 is 14.1 Å². The lowest BCUT2D eigenvalue weighted by Crippen LogP contribution is -2.02. The lowest BCUT2D eigenvalue weighted by Gasteiger charge is -2.10. The van der Waals surface area contributed by atoms with Gasteiger partial charge in [0, 0.05) is 12.1 Å². The summed E-state index contributed by atoms with van der Waals surface area (Å²) < 4.78 is 11.2. The molecule has 0 unspecified atom stereocenters. The number of benzene rings is 1. The van der Waals surface area contributed by atoms with Crippen LogP contribution in [0, 0.1) is 10.1 Å². The van der Waals surface area contributed by atoms with Gasteiger partial charge in [0.25, 0.3) is 5.69 Å². The Kier molecular flexibility index (Phi) is 4.06. The molecule has 1 aromatic heterocycles. The maximum atomic E-state index is 10.8. The van der Waals surface area contributed by atoms with Crippen LogP contribution in [0.4, 0.5) is 11.4 Å². The van der Waals surface area contributed by atoms with Crippen LogP contribution >= 0.6 is 15.9 Å². The monoisotopic (exact) mass is 326 g/mol. The molecule has 19 heavy (non-hydrogen) atoms. The summed E-state index contributed by atoms with van der Waals surface area (Å²) in [6.45, 7) is 0.394. The minimum atomic E-state index is -0.451. The molecule has 1 heterocycles. The molecule has 1 aromatic carbocycles. The average Bonchev–Trinajstić information content (AvgIpc) is 2.81. The van der Waals surface area contributed by atoms with E-state index in [1.54, 1.807) is 18.4 Å². The highest BCUT2D eigenvalue weighted by atomic mass is 79.9. The van der Waals surface area contributed by atoms with Gasteiger partial charge in [-0.25, -0.2) is 0 Å². The molecular weight excluding hydrogens is 316 g/mol. The van der Waals surface area contributed by atoms with Crippen molar-refractivity contribution in [2.24, 2.45) is 0 Å². The van der Waals surface area contributed by atoms with E-state index in [0.717, 1.165) is 4.47 Å². The molecule has 0 spiro atoms. The van der Waals surface area contributed by atoms with Crippen LogP contribution in [0.5, 0.6) is 5.75 Å². The minimum absolute atomic E-state index is 0.00168. The van der Waals surface area contributed by atoms with Crippen molar-refractivity contribution >= 4 is 27.3 Å². The molecule has 1 N–H and O–H groups in total. The van der Waals surface area contributed by atoms with Crippen LogP contribution in [-0.4, -0.2) is 12.0 Å². The van der Waals surface area contributed by atoms with Crippen LogP contribution in [0.3, 0.4) is 0 Å². The number of hydrogen-bond donors (Lipinski definition) is 1. The third kappa shape index (κ3) is 3.05. The van der Waals surface area contributed by atoms with Gasteiger partial charge in [-0.15, -0.1) is 0 Å². The normalized spacial score (nSPS) is 10.2. The van der Waals surface area contributed by atoms with Gasteiger partial charge >= 0.3 is 0 Å². The fraction of sp³-hybridized carbons (Fsp3) is 0.167. The molecule has 0 saturated heterocycles. The Morgan fingerprint density at radius 2 is 2.26 bits per heavy atom. The smallest absolute Gasteiger partial charge is 0.271 e. The standard InChI is InChI=1S/C12H11BrN2O4/c1-18-11-3-2-8(15(16)17)6-10(11)14-7-12-9(13)4-5-19-12/h2-6,14H,7H2,1H3. The fourth-order valence-electron chi connectivity index (χ4n) is 1.57. The van der Waals surface area contributed by atoms with E-state index in [9.17, 15) is 10.1 Å². The Labute approximate surface area is 117 Å². The first kappa shape index (κ1) is 13.4. The van der Waals surface area contributed by atoms with Crippen molar-refractivity contribution in [3.8, 4) is 5.75 Å². The van der Waals surface area contributed by atoms with Crippen LogP contribution in [0.15, 0.2) is 39.4 Å². The summed E-state index contributed by atoms with van der Waals surface area (Å²) in [4.78, 5) is 10.3. The number of nitro groups is 1. The van der Waals surface area contributed by atoms with E-state index >= 15 is 0 Å². The second-order valence-electron chi connectivity index (χ2n) is 3.69. The van der Waals surface area contributed by atoms with Gasteiger partial charge in [0.05, 0.1) is 35.0 Å². The third-order valence-electron chi connectivity index (χ3n) is 2.52. The Balaban J connectivity index is 2.20. The molecule has 0 bridgehead atoms. The van der Waals surface area contributed by atoms with Crippen molar-refractivity contribution in [3.63, 3.8) is 0 Å². The number of anilines is 1. The maximum Gasteiger partial charge on any atom is 0.271 e. The van der Waals surface area contributed by atoms with Crippen molar-refractivity contribution in [1.29, 1.82) is 0 Å². The molecule has 0 fully saturated rings. The summed E-state index contributed by atoms with van der Waals surface area (Å²) in [5.41, 5.74) is 0.543. The largest absolute Gasteiger partial charge is 0.495 e. The summed E-state index contributed by atoms with van der Waals surface area (Å²) >= 11 is 3.34. The number of nitro benzene ring substituents is 1. The summed E-state index contributed by atoms with van der Waals surface area (Å²) in [7, 11) is 1.51. The van der Waals surface area contributed by atoms with Gasteiger partial charge in [-0.2, -0.15) is 0 Å². The highest BCUT2D eigenvalue weighted by Crippen LogP contribution is 2.30. The summed E-state index contributed by atoms with van der Waals surface area (Å²) in [6, 6.07) is 6.15. The summed E-state index contributed by atoms with van der Waals surface area (Å²) in [5, 5.41) is 13.8. The van der Waals surface area contributed by atoms with Crippen molar-refractivity contribution in [2.75, 3.05) is 12.4 Å². The van der Waals surface area contributed by atoms with Crippen LogP contribution in [0.25, 0.3) is 0 Å². The van der Waals surface area contributed by atoms with E-state index in [2.05, 4.69) is 21.2 Å². The molecule has 0 atom stereocenters. The molecule has 0 aliphatic carbocycles. The van der Waals surface area contributed by atoms with E-state index in [1.165, 1.54) is 19.2 Å². The Hall–Kier alpha value is -2.02. The fourth-order valence-corrected chi connectivity index (χ4v) is 1.92. The van der Waals surface area contributed by atoms with Crippen LogP contribution in [0.1, 0.15) is 5.76 Å². The Morgan fingerprint density at radius 3 is 2.84 bits per heavy atom. The number of non-ortho nitro benzene ring substituents is 1. The van der Waals surface area contributed by atoms with Gasteiger partial charge in [-0.3, -0.25) is 10.1 Å². The number of nitrogens with one attached hydrogen (secondary N) is 1. The van der Waals surface area contributed by atoms with Gasteiger partial charge in [-0.05, 0) is 28.1 Å². The molecule has 2 rings (SSSR count). The first-order valence-corrected chi connectivity index (χ1v) is 6.19. The topological polar surface area (TPSA) is 77.5 Å². The Morgan fingerprint density at radius 1 is 1.47 bits per heavy atom. The molecule has 0 aliphatic heterocycles. The Bertz CT molecular complexity index is 597. The maximum absolute atomic E-state index is 10.8. The second-order valence-corrected chi connectivity index (χ2v) is 4.54. The molecule has 100 valence electrons. The van der Waals surface area contributed by atoms with E-state index in [0.29, 0.717) is 23.7 Å². The van der Waals surface area contributed by atoms with Gasteiger partial charge in [-0.1, -0.05) is 0 Å². The zero-order chi connectivity index (χ0) is 13.8. The highest BCUT2D eigenvalue weighted by molar-refractivity contribution is 9.10. The molecule has 0 aliphatic rings. The zero-order valence-corrected chi connectivity index (χ0v) is 11.6. The molecule has 0 saturated carbocycles. The molecule has 6 nitrogen and oxygen atoms in total. The van der Waals surface area contributed by atoms with Gasteiger partial charge in [0.2, 0.25) is 0 Å². The van der Waals surface area contributed by atoms with E-state index in [-0.39, 0.29) is 5.69 Å². The average molecular weight is 327 g/mol. The lowest BCUT2D eigenvalue weighted by atomic mass is 10.2. The summed E-state index contributed by atoms with van der Waals surface area (Å²) in [5.74, 6) is 1.24. The quantitative estimate of drug-likeness (QED) is 0.671. The molecule has 7 heteroatoms. The van der Waals surface area contributed by atoms with Crippen molar-refractivity contribution in [1.82, 2.24) is 0 Å². The first-order valence-electron chi connectivity index (χ1n) is 5.40. The number of halogens is 1. The van der Waals surface area contributed by atoms with Gasteiger partial charge in [0.1, 0.15) is 11.5 Å². The number of hydrogen-bond acceptors (Lipinski definition) is 5. The van der Waals surface area contributed by atoms with Gasteiger partial charge < -0.3 is 14.5 Å². The summed E-state index contributed by atoms with van der Waals surface area (Å²) in [6.07, 6.45) is 1.56. The van der Waals surface area contributed by atoms with Crippen molar-refractivity contribution in [3.05, 3.63) is 50.9 Å². The van der Waals surface area contributed by atoms with Crippen LogP contribution < -0.4 is 10.1 Å². The van der Waals surface area contributed by atoms with E-state index in [1.807, 2.05) is 0 Å². The number of nitrogens with zero attached hydrogens (tertiary/aromatic N) is 1. The zero-order valence-electron chi connectivity index (χ0n) is 10.1. The highest BCUT2D eigenvalue weighted by Gasteiger charge is 2.12. The number of ether oxygens (including phenoxy) is 1. The van der Waals surface area contributed by atoms with E-state index in [4.69, 9.17) is 9.15 Å². The van der Waals surface area contributed by atoms with Crippen LogP contribution in [-0.2, 0) is 6.54 Å². The van der Waals surface area contributed by atoms with Gasteiger partial charge in [0.15, 0.2) is 0 Å². The third-order valence-corrected chi connectivity index (χ3v) is 3.23. The van der Waals surface area contributed by atoms with Crippen molar-refractivity contribution in [2.45, 2.75) is 6.54 Å². The predicted molar refractivity (Wildman–Crippen MR) is 73.4 cm³/mol. The predicted octanol–water partition coefficient (Wildman–Crippen LogP) is 3.57. The minimum Gasteiger partial charge on any atom is -0.495 e. The number of rotatable bonds is 5. The molecule has 0 radical (unpaired) electrons. The number of furan rings is 1. The molecular formula is C12H11BrN2O4. The molecule has 0 amide bonds. The SMILES string of the molecule is COc1ccc([N+](=O)[O-])cc1NCc1occc1Br. The second kappa shape index (κ2) is 5.75. The first-order chi connectivity index (χ1) is 9.11. The lowest BCUT2D eigenvalue weighted by molar-refractivity contribution is -0.384. The molecule has 2 aromatic rings. The van der Waals surface area contributed by atoms with Crippen LogP contribution in [0.2, 0.25) is 0 Å². The number of methoxy groups -OCH3 is 1. The van der Waals surface area contributed by atoms with E-state index < -0.39 is 4.92 Å².